The van der Waals surface area contributed by atoms with Crippen LogP contribution in [0, 0.1) is 12.8 Å². The van der Waals surface area contributed by atoms with Gasteiger partial charge in [-0.15, -0.1) is 6.58 Å². The van der Waals surface area contributed by atoms with E-state index in [2.05, 4.69) is 45.9 Å². The molecule has 3 heterocycles. The quantitative estimate of drug-likeness (QED) is 0.251. The Kier molecular flexibility index (Phi) is 12.0. The van der Waals surface area contributed by atoms with Gasteiger partial charge >= 0.3 is 0 Å². The number of carbonyl (C=O) groups excluding carboxylic acids is 2. The van der Waals surface area contributed by atoms with Crippen molar-refractivity contribution in [1.82, 2.24) is 10.1 Å². The number of halogens is 1. The first-order chi connectivity index (χ1) is 21.7. The average Bonchev–Trinajstić information content (AvgIpc) is 3.46. The van der Waals surface area contributed by atoms with E-state index in [0.717, 1.165) is 48.3 Å². The van der Waals surface area contributed by atoms with Gasteiger partial charge in [0.1, 0.15) is 17.8 Å². The Balaban J connectivity index is 0.00000148. The number of fused-ring (bicyclic) bond motifs is 4. The molecule has 5 rings (SSSR count). The fourth-order valence-electron chi connectivity index (χ4n) is 5.42. The van der Waals surface area contributed by atoms with E-state index < -0.39 is 0 Å². The number of hydrogen-bond acceptors (Lipinski definition) is 7. The van der Waals surface area contributed by atoms with Gasteiger partial charge in [0.25, 0.3) is 5.91 Å². The summed E-state index contributed by atoms with van der Waals surface area (Å²) >= 11 is 6.52. The van der Waals surface area contributed by atoms with E-state index in [1.165, 1.54) is 5.56 Å². The molecule has 1 atom stereocenters. The lowest BCUT2D eigenvalue weighted by molar-refractivity contribution is -0.117. The maximum Gasteiger partial charge on any atom is 0.276 e. The monoisotopic (exact) mass is 630 g/mol. The summed E-state index contributed by atoms with van der Waals surface area (Å²) in [4.78, 5) is 32.4. The molecule has 238 valence electrons. The molecule has 1 unspecified atom stereocenters. The van der Waals surface area contributed by atoms with Crippen LogP contribution in [0.2, 0.25) is 0 Å². The van der Waals surface area contributed by atoms with Crippen LogP contribution >= 0.6 is 11.6 Å². The number of nitrogens with zero attached hydrogens (tertiary/aromatic N) is 3. The van der Waals surface area contributed by atoms with Gasteiger partial charge in [-0.05, 0) is 101 Å². The number of aliphatic imine (C=N–C) groups is 1. The summed E-state index contributed by atoms with van der Waals surface area (Å²) in [6.07, 6.45) is 6.86. The van der Waals surface area contributed by atoms with Crippen molar-refractivity contribution in [3.63, 3.8) is 0 Å². The molecule has 10 heteroatoms. The number of amidine groups is 1. The van der Waals surface area contributed by atoms with E-state index in [1.54, 1.807) is 24.0 Å². The Morgan fingerprint density at radius 3 is 2.56 bits per heavy atom. The second-order valence-electron chi connectivity index (χ2n) is 11.4. The van der Waals surface area contributed by atoms with Gasteiger partial charge < -0.3 is 25.4 Å². The maximum absolute atomic E-state index is 13.2. The molecule has 1 fully saturated rings. The zero-order chi connectivity index (χ0) is 32.3. The van der Waals surface area contributed by atoms with Crippen LogP contribution in [0.3, 0.4) is 0 Å². The third kappa shape index (κ3) is 9.56. The second-order valence-corrected chi connectivity index (χ2v) is 11.8. The summed E-state index contributed by atoms with van der Waals surface area (Å²) in [6.45, 7) is 12.1. The standard InChI is InChI=1S/C32H37ClN6O3.C3H6/c1-4-27(33)31-35-21(3)34-25-7-5-6-22(17-25)8-9-24-19-26(36-31)10-11-28(24)37-30(40)18-23-12-14-39(15-13-23)32(41)29-16-20(2)42-38-29;1-3-2/h4-7,10-11,16-17,19,21,23,34H,8-9,12-15,18H2,1-3H3,(H,35,36)(H,37,40);3H,1H2,2H3/b27-4+;. The highest BCUT2D eigenvalue weighted by atomic mass is 35.5. The molecule has 3 aromatic rings. The number of likely N-dealkylation sites (tertiary alicyclic amines) is 1. The predicted molar refractivity (Wildman–Crippen MR) is 183 cm³/mol. The minimum Gasteiger partial charge on any atom is -0.364 e. The fourth-order valence-corrected chi connectivity index (χ4v) is 5.52. The molecule has 2 aromatic carbocycles. The van der Waals surface area contributed by atoms with Gasteiger partial charge in [-0.2, -0.15) is 0 Å². The fraction of sp³-hybridized carbons (Fsp3) is 0.371. The van der Waals surface area contributed by atoms with Crippen LogP contribution < -0.4 is 16.0 Å². The van der Waals surface area contributed by atoms with Crippen molar-refractivity contribution in [2.45, 2.75) is 66.0 Å². The maximum atomic E-state index is 13.2. The van der Waals surface area contributed by atoms with Crippen molar-refractivity contribution in [1.29, 1.82) is 0 Å². The predicted octanol–water partition coefficient (Wildman–Crippen LogP) is 7.57. The SMILES string of the molecule is C/C=C(Cl)\C1=N/C(C)Nc2cccc(c2)CCc2cc(ccc2NC(=O)CC2CCN(C(=O)c3cc(C)on3)CC2)N1.C=CC. The zero-order valence-corrected chi connectivity index (χ0v) is 27.3. The van der Waals surface area contributed by atoms with Crippen LogP contribution in [-0.2, 0) is 17.6 Å². The van der Waals surface area contributed by atoms with Gasteiger partial charge in [-0.25, -0.2) is 4.99 Å². The van der Waals surface area contributed by atoms with E-state index in [0.29, 0.717) is 41.8 Å². The lowest BCUT2D eigenvalue weighted by Crippen LogP contribution is -2.39. The summed E-state index contributed by atoms with van der Waals surface area (Å²) in [5.74, 6) is 1.25. The summed E-state index contributed by atoms with van der Waals surface area (Å²) in [7, 11) is 0. The Morgan fingerprint density at radius 1 is 1.11 bits per heavy atom. The van der Waals surface area contributed by atoms with E-state index >= 15 is 0 Å². The number of rotatable bonds is 5. The Hall–Kier alpha value is -4.37. The first-order valence-electron chi connectivity index (χ1n) is 15.4. The normalized spacial score (nSPS) is 18.2. The van der Waals surface area contributed by atoms with Crippen molar-refractivity contribution in [2.75, 3.05) is 29.0 Å². The van der Waals surface area contributed by atoms with Gasteiger partial charge in [0, 0.05) is 42.6 Å². The minimum atomic E-state index is -0.202. The van der Waals surface area contributed by atoms with E-state index in [9.17, 15) is 9.59 Å². The first kappa shape index (κ1) is 33.5. The third-order valence-electron chi connectivity index (χ3n) is 7.65. The molecular weight excluding hydrogens is 588 g/mol. The van der Waals surface area contributed by atoms with Gasteiger partial charge in [0.15, 0.2) is 5.69 Å². The molecule has 45 heavy (non-hydrogen) atoms. The highest BCUT2D eigenvalue weighted by Crippen LogP contribution is 2.27. The zero-order valence-electron chi connectivity index (χ0n) is 26.5. The van der Waals surface area contributed by atoms with Crippen LogP contribution in [0.15, 0.2) is 81.8 Å². The van der Waals surface area contributed by atoms with Crippen LogP contribution in [-0.4, -0.2) is 47.0 Å². The van der Waals surface area contributed by atoms with Crippen LogP contribution in [0.4, 0.5) is 17.1 Å². The van der Waals surface area contributed by atoms with Gasteiger partial charge in [-0.3, -0.25) is 9.59 Å². The largest absolute Gasteiger partial charge is 0.364 e. The van der Waals surface area contributed by atoms with E-state index in [1.807, 2.05) is 51.1 Å². The summed E-state index contributed by atoms with van der Waals surface area (Å²) < 4.78 is 5.05. The van der Waals surface area contributed by atoms with Crippen molar-refractivity contribution < 1.29 is 14.1 Å². The molecule has 4 bridgehead atoms. The Morgan fingerprint density at radius 2 is 1.87 bits per heavy atom. The molecular formula is C35H43ClN6O3. The van der Waals surface area contributed by atoms with Crippen LogP contribution in [0.1, 0.15) is 67.4 Å². The third-order valence-corrected chi connectivity index (χ3v) is 8.05. The number of hydrogen-bond donors (Lipinski definition) is 3. The molecule has 0 radical (unpaired) electrons. The lowest BCUT2D eigenvalue weighted by Gasteiger charge is -2.31. The number of aryl methyl sites for hydroxylation is 3. The number of piperidine rings is 1. The average molecular weight is 631 g/mol. The van der Waals surface area contributed by atoms with Crippen molar-refractivity contribution in [3.8, 4) is 0 Å². The summed E-state index contributed by atoms with van der Waals surface area (Å²) in [6, 6.07) is 15.9. The van der Waals surface area contributed by atoms with Gasteiger partial charge in [-0.1, -0.05) is 41.0 Å². The van der Waals surface area contributed by atoms with Gasteiger partial charge in [0.2, 0.25) is 5.91 Å². The molecule has 3 N–H and O–H groups in total. The van der Waals surface area contributed by atoms with Crippen molar-refractivity contribution in [2.24, 2.45) is 10.9 Å². The molecule has 1 aromatic heterocycles. The molecule has 2 aliphatic heterocycles. The van der Waals surface area contributed by atoms with Crippen molar-refractivity contribution in [3.05, 3.63) is 94.9 Å². The summed E-state index contributed by atoms with van der Waals surface area (Å²) in [5, 5.41) is 14.3. The molecule has 0 saturated carbocycles. The molecule has 0 aliphatic carbocycles. The minimum absolute atomic E-state index is 0.0222. The van der Waals surface area contributed by atoms with Crippen LogP contribution in [0.25, 0.3) is 0 Å². The highest BCUT2D eigenvalue weighted by Gasteiger charge is 2.27. The Labute approximate surface area is 270 Å². The topological polar surface area (TPSA) is 112 Å². The highest BCUT2D eigenvalue weighted by molar-refractivity contribution is 6.45. The number of amides is 2. The molecule has 9 nitrogen and oxygen atoms in total. The van der Waals surface area contributed by atoms with E-state index in [4.69, 9.17) is 21.1 Å². The number of anilines is 3. The number of allylic oxidation sites excluding steroid dienone is 2. The van der Waals surface area contributed by atoms with E-state index in [-0.39, 0.29) is 23.9 Å². The molecule has 1 saturated heterocycles. The second kappa shape index (κ2) is 16.1. The first-order valence-corrected chi connectivity index (χ1v) is 15.8. The Bertz CT molecular complexity index is 1550. The summed E-state index contributed by atoms with van der Waals surface area (Å²) in [5.41, 5.74) is 5.19. The van der Waals surface area contributed by atoms with Gasteiger partial charge in [0.05, 0.1) is 5.03 Å². The number of carbonyl (C=O) groups is 2. The van der Waals surface area contributed by atoms with Crippen LogP contribution in [0.5, 0.6) is 0 Å². The number of nitrogens with one attached hydrogen (secondary N) is 3. The molecule has 0 spiro atoms. The molecule has 2 aliphatic rings. The van der Waals surface area contributed by atoms with Crippen molar-refractivity contribution >= 4 is 46.3 Å². The molecule has 2 amide bonds. The number of benzene rings is 2. The lowest BCUT2D eigenvalue weighted by atomic mass is 9.93. The number of aromatic nitrogens is 1. The smallest absolute Gasteiger partial charge is 0.276 e.